The SMILES string of the molecule is [CH2-]c1c(F)ccc(-n2cccc2)c1F.[CH2-]c1c(F)ccc(-n2cccc2)c1F.[CH3-].[CH3-].[Ti+4]. The van der Waals surface area contributed by atoms with Crippen LogP contribution in [-0.2, 0) is 21.7 Å². The van der Waals surface area contributed by atoms with Gasteiger partial charge in [-0.1, -0.05) is 24.3 Å². The summed E-state index contributed by atoms with van der Waals surface area (Å²) < 4.78 is 55.9. The van der Waals surface area contributed by atoms with Crippen LogP contribution < -0.4 is 0 Å². The Labute approximate surface area is 196 Å². The van der Waals surface area contributed by atoms with Crippen LogP contribution in [0.5, 0.6) is 0 Å². The second-order valence-corrected chi connectivity index (χ2v) is 5.90. The Balaban J connectivity index is 0.000000529. The third-order valence-corrected chi connectivity index (χ3v) is 4.10. The molecule has 0 aliphatic carbocycles. The molecule has 2 nitrogen and oxygen atoms in total. The Morgan fingerprint density at radius 3 is 1.13 bits per heavy atom. The summed E-state index contributed by atoms with van der Waals surface area (Å²) >= 11 is 0. The van der Waals surface area contributed by atoms with Gasteiger partial charge in [0.15, 0.2) is 0 Å². The number of halogens is 4. The van der Waals surface area contributed by atoms with Crippen molar-refractivity contribution in [2.75, 3.05) is 0 Å². The van der Waals surface area contributed by atoms with Gasteiger partial charge in [0.1, 0.15) is 0 Å². The number of hydrogen-bond acceptors (Lipinski definition) is 0. The van der Waals surface area contributed by atoms with Gasteiger partial charge < -0.3 is 24.0 Å². The van der Waals surface area contributed by atoms with Gasteiger partial charge >= 0.3 is 21.7 Å². The summed E-state index contributed by atoms with van der Waals surface area (Å²) in [5.74, 6) is -2.50. The third kappa shape index (κ3) is 6.09. The second kappa shape index (κ2) is 12.1. The van der Waals surface area contributed by atoms with Crippen molar-refractivity contribution in [3.63, 3.8) is 0 Å². The molecule has 0 saturated carbocycles. The van der Waals surface area contributed by atoms with E-state index >= 15 is 0 Å². The molecule has 0 N–H and O–H groups in total. The minimum absolute atomic E-state index is 0. The predicted octanol–water partition coefficient (Wildman–Crippen LogP) is 6.77. The van der Waals surface area contributed by atoms with Crippen molar-refractivity contribution in [2.45, 2.75) is 0 Å². The Morgan fingerprint density at radius 2 is 0.839 bits per heavy atom. The second-order valence-electron chi connectivity index (χ2n) is 5.90. The fourth-order valence-corrected chi connectivity index (χ4v) is 2.56. The van der Waals surface area contributed by atoms with Crippen LogP contribution in [0.2, 0.25) is 0 Å². The molecule has 31 heavy (non-hydrogen) atoms. The van der Waals surface area contributed by atoms with E-state index < -0.39 is 23.3 Å². The van der Waals surface area contributed by atoms with E-state index in [0.29, 0.717) is 11.4 Å². The van der Waals surface area contributed by atoms with Crippen LogP contribution in [0, 0.1) is 52.0 Å². The maximum absolute atomic E-state index is 13.5. The van der Waals surface area contributed by atoms with Gasteiger partial charge in [-0.15, -0.1) is 11.1 Å². The molecule has 0 aliphatic heterocycles. The van der Waals surface area contributed by atoms with Crippen LogP contribution in [0.3, 0.4) is 0 Å². The summed E-state index contributed by atoms with van der Waals surface area (Å²) in [5, 5.41) is 0. The van der Waals surface area contributed by atoms with Gasteiger partial charge in [-0.2, -0.15) is 13.8 Å². The van der Waals surface area contributed by atoms with E-state index in [1.807, 2.05) is 0 Å². The largest absolute Gasteiger partial charge is 4.00 e. The molecular weight excluding hydrogens is 440 g/mol. The summed E-state index contributed by atoms with van der Waals surface area (Å²) in [6, 6.07) is 12.3. The molecule has 4 aromatic rings. The van der Waals surface area contributed by atoms with E-state index in [1.165, 1.54) is 24.3 Å². The van der Waals surface area contributed by atoms with Crippen molar-refractivity contribution in [1.29, 1.82) is 0 Å². The van der Waals surface area contributed by atoms with E-state index in [4.69, 9.17) is 0 Å². The van der Waals surface area contributed by atoms with E-state index in [0.717, 1.165) is 0 Å². The fraction of sp³-hybridized carbons (Fsp3) is 0. The van der Waals surface area contributed by atoms with E-state index in [1.54, 1.807) is 58.2 Å². The maximum atomic E-state index is 13.5. The maximum Gasteiger partial charge on any atom is 4.00 e. The monoisotopic (exact) mass is 462 g/mol. The summed E-state index contributed by atoms with van der Waals surface area (Å²) in [6.45, 7) is 6.65. The molecule has 0 spiro atoms. The number of hydrogen-bond donors (Lipinski definition) is 0. The van der Waals surface area contributed by atoms with E-state index in [-0.39, 0.29) is 47.7 Å². The summed E-state index contributed by atoms with van der Waals surface area (Å²) in [7, 11) is 0. The first kappa shape index (κ1) is 28.2. The first-order valence-corrected chi connectivity index (χ1v) is 8.26. The molecule has 2 heterocycles. The Hall–Kier alpha value is -2.83. The van der Waals surface area contributed by atoms with Crippen LogP contribution in [0.25, 0.3) is 11.4 Å². The van der Waals surface area contributed by atoms with Crippen LogP contribution in [0.15, 0.2) is 73.3 Å². The number of aromatic nitrogens is 2. The fourth-order valence-electron chi connectivity index (χ4n) is 2.56. The van der Waals surface area contributed by atoms with Gasteiger partial charge in [-0.05, 0) is 24.3 Å². The molecule has 2 aromatic heterocycles. The van der Waals surface area contributed by atoms with Crippen LogP contribution >= 0.6 is 0 Å². The van der Waals surface area contributed by atoms with Gasteiger partial charge in [0, 0.05) is 59.4 Å². The van der Waals surface area contributed by atoms with Crippen LogP contribution in [-0.4, -0.2) is 9.13 Å². The molecule has 160 valence electrons. The molecule has 0 bridgehead atoms. The van der Waals surface area contributed by atoms with Gasteiger partial charge in [0.25, 0.3) is 0 Å². The third-order valence-electron chi connectivity index (χ3n) is 4.10. The number of rotatable bonds is 2. The summed E-state index contributed by atoms with van der Waals surface area (Å²) in [4.78, 5) is 0. The first-order valence-electron chi connectivity index (χ1n) is 8.26. The Kier molecular flexibility index (Phi) is 11.0. The number of nitrogens with zero attached hydrogens (tertiary/aromatic N) is 2. The molecule has 0 fully saturated rings. The van der Waals surface area contributed by atoms with Crippen LogP contribution in [0.4, 0.5) is 17.6 Å². The summed E-state index contributed by atoms with van der Waals surface area (Å²) in [6.07, 6.45) is 6.76. The normalized spacial score (nSPS) is 9.42. The molecule has 0 amide bonds. The first-order chi connectivity index (χ1) is 13.4. The standard InChI is InChI=1S/2C11H8F2N.2CH3.Ti/c2*1-8-9(12)4-5-10(11(8)13)14-6-2-3-7-14;;;/h2*2-7H,1H2;2*1H3;/q4*-1;+4. The van der Waals surface area contributed by atoms with Crippen molar-refractivity contribution >= 4 is 0 Å². The van der Waals surface area contributed by atoms with Crippen LogP contribution in [0.1, 0.15) is 11.1 Å². The average Bonchev–Trinajstić information content (AvgIpc) is 3.39. The van der Waals surface area contributed by atoms with Crippen molar-refractivity contribution < 1.29 is 39.3 Å². The molecule has 4 rings (SSSR count). The number of benzene rings is 2. The molecule has 0 radical (unpaired) electrons. The predicted molar refractivity (Wildman–Crippen MR) is 113 cm³/mol. The van der Waals surface area contributed by atoms with E-state index in [2.05, 4.69) is 13.8 Å². The topological polar surface area (TPSA) is 9.86 Å². The van der Waals surface area contributed by atoms with Gasteiger partial charge in [-0.3, -0.25) is 17.6 Å². The molecule has 0 atom stereocenters. The zero-order valence-electron chi connectivity index (χ0n) is 17.2. The summed E-state index contributed by atoms with van der Waals surface area (Å²) in [5.41, 5.74) is 0.218. The molecule has 0 unspecified atom stereocenters. The van der Waals surface area contributed by atoms with Crippen molar-refractivity contribution in [1.82, 2.24) is 9.13 Å². The molecule has 2 aromatic carbocycles. The molecule has 7 heteroatoms. The quantitative estimate of drug-likeness (QED) is 0.177. The van der Waals surface area contributed by atoms with Crippen molar-refractivity contribution in [2.24, 2.45) is 0 Å². The van der Waals surface area contributed by atoms with Gasteiger partial charge in [0.05, 0.1) is 0 Å². The minimum Gasteiger partial charge on any atom is -0.358 e. The zero-order valence-corrected chi connectivity index (χ0v) is 18.8. The Morgan fingerprint density at radius 1 is 0.548 bits per heavy atom. The molecule has 0 saturated heterocycles. The minimum atomic E-state index is -0.626. The average molecular weight is 462 g/mol. The zero-order chi connectivity index (χ0) is 20.3. The molecular formula is C24H22F4N2Ti. The van der Waals surface area contributed by atoms with E-state index in [9.17, 15) is 17.6 Å². The molecule has 0 aliphatic rings. The Bertz CT molecular complexity index is 988. The van der Waals surface area contributed by atoms with Crippen molar-refractivity contribution in [3.8, 4) is 11.4 Å². The van der Waals surface area contributed by atoms with Gasteiger partial charge in [-0.25, -0.2) is 0 Å². The van der Waals surface area contributed by atoms with Crippen molar-refractivity contribution in [3.05, 3.63) is 136 Å². The smallest absolute Gasteiger partial charge is 0.358 e. The van der Waals surface area contributed by atoms with Gasteiger partial charge in [0.2, 0.25) is 0 Å².